The number of anilines is 1. The van der Waals surface area contributed by atoms with Crippen molar-refractivity contribution in [2.45, 2.75) is 13.5 Å². The van der Waals surface area contributed by atoms with Gasteiger partial charge in [0.05, 0.1) is 0 Å². The first-order valence-electron chi connectivity index (χ1n) is 5.84. The molecule has 5 nitrogen and oxygen atoms in total. The summed E-state index contributed by atoms with van der Waals surface area (Å²) in [6, 6.07) is 7.53. The minimum absolute atomic E-state index is 0.285. The predicted octanol–water partition coefficient (Wildman–Crippen LogP) is 2.78. The summed E-state index contributed by atoms with van der Waals surface area (Å²) in [5.74, 6) is 2.90. The molecule has 1 aliphatic heterocycles. The van der Waals surface area contributed by atoms with Crippen molar-refractivity contribution in [3.63, 3.8) is 0 Å². The molecule has 0 fully saturated rings. The molecule has 0 radical (unpaired) electrons. The summed E-state index contributed by atoms with van der Waals surface area (Å²) in [5.41, 5.74) is 1.08. The first-order chi connectivity index (χ1) is 9.20. The lowest BCUT2D eigenvalue weighted by molar-refractivity contribution is 0.174. The molecule has 0 unspecified atom stereocenters. The number of fused-ring (bicyclic) bond motifs is 1. The molecular formula is C13H12ClN3O2. The fraction of sp³-hybridized carbons (Fsp3) is 0.231. The molecule has 19 heavy (non-hydrogen) atoms. The molecule has 2 aromatic rings. The Labute approximate surface area is 115 Å². The average molecular weight is 278 g/mol. The molecule has 0 saturated heterocycles. The van der Waals surface area contributed by atoms with Crippen molar-refractivity contribution >= 4 is 17.4 Å². The zero-order valence-corrected chi connectivity index (χ0v) is 11.1. The third-order valence-electron chi connectivity index (χ3n) is 2.72. The zero-order chi connectivity index (χ0) is 13.2. The molecule has 3 rings (SSSR count). The van der Waals surface area contributed by atoms with Crippen molar-refractivity contribution in [2.75, 3.05) is 12.1 Å². The molecule has 0 spiro atoms. The van der Waals surface area contributed by atoms with Gasteiger partial charge in [0.1, 0.15) is 16.8 Å². The van der Waals surface area contributed by atoms with Crippen molar-refractivity contribution in [3.05, 3.63) is 40.8 Å². The summed E-state index contributed by atoms with van der Waals surface area (Å²) in [4.78, 5) is 8.27. The van der Waals surface area contributed by atoms with E-state index in [4.69, 9.17) is 21.1 Å². The Morgan fingerprint density at radius 2 is 2.05 bits per heavy atom. The van der Waals surface area contributed by atoms with Gasteiger partial charge >= 0.3 is 0 Å². The van der Waals surface area contributed by atoms with Crippen LogP contribution in [0.25, 0.3) is 0 Å². The van der Waals surface area contributed by atoms with Gasteiger partial charge in [0.15, 0.2) is 11.5 Å². The summed E-state index contributed by atoms with van der Waals surface area (Å²) in [6.07, 6.45) is 0. The van der Waals surface area contributed by atoms with E-state index in [1.165, 1.54) is 0 Å². The average Bonchev–Trinajstić information content (AvgIpc) is 2.82. The predicted molar refractivity (Wildman–Crippen MR) is 71.7 cm³/mol. The van der Waals surface area contributed by atoms with Crippen LogP contribution in [-0.2, 0) is 6.54 Å². The fourth-order valence-electron chi connectivity index (χ4n) is 1.87. The van der Waals surface area contributed by atoms with Crippen LogP contribution in [-0.4, -0.2) is 16.8 Å². The smallest absolute Gasteiger partial charge is 0.231 e. The van der Waals surface area contributed by atoms with Crippen LogP contribution in [0.3, 0.4) is 0 Å². The van der Waals surface area contributed by atoms with Gasteiger partial charge in [0, 0.05) is 12.6 Å². The molecule has 1 aliphatic rings. The van der Waals surface area contributed by atoms with Gasteiger partial charge in [-0.1, -0.05) is 17.7 Å². The Bertz CT molecular complexity index is 599. The first-order valence-corrected chi connectivity index (χ1v) is 6.22. The fourth-order valence-corrected chi connectivity index (χ4v) is 2.09. The summed E-state index contributed by atoms with van der Waals surface area (Å²) >= 11 is 5.88. The number of ether oxygens (including phenoxy) is 2. The Kier molecular flexibility index (Phi) is 3.13. The number of rotatable bonds is 3. The van der Waals surface area contributed by atoms with E-state index in [0.717, 1.165) is 17.1 Å². The van der Waals surface area contributed by atoms with Gasteiger partial charge in [0.25, 0.3) is 0 Å². The lowest BCUT2D eigenvalue weighted by atomic mass is 10.2. The number of aromatic nitrogens is 2. The van der Waals surface area contributed by atoms with Gasteiger partial charge in [-0.3, -0.25) is 0 Å². The van der Waals surface area contributed by atoms with Gasteiger partial charge in [-0.25, -0.2) is 9.97 Å². The molecule has 0 saturated carbocycles. The van der Waals surface area contributed by atoms with Crippen LogP contribution < -0.4 is 14.8 Å². The molecule has 2 heterocycles. The molecule has 1 aromatic carbocycles. The molecule has 0 aliphatic carbocycles. The number of benzene rings is 1. The number of hydrogen-bond acceptors (Lipinski definition) is 5. The van der Waals surface area contributed by atoms with Gasteiger partial charge in [-0.2, -0.15) is 0 Å². The van der Waals surface area contributed by atoms with E-state index >= 15 is 0 Å². The topological polar surface area (TPSA) is 56.3 Å². The van der Waals surface area contributed by atoms with Crippen molar-refractivity contribution in [3.8, 4) is 11.5 Å². The monoisotopic (exact) mass is 277 g/mol. The first kappa shape index (κ1) is 12.0. The van der Waals surface area contributed by atoms with Crippen molar-refractivity contribution in [2.24, 2.45) is 0 Å². The van der Waals surface area contributed by atoms with Crippen molar-refractivity contribution in [1.29, 1.82) is 0 Å². The lowest BCUT2D eigenvalue weighted by Gasteiger charge is -2.07. The van der Waals surface area contributed by atoms with E-state index in [-0.39, 0.29) is 6.79 Å². The third-order valence-corrected chi connectivity index (χ3v) is 2.91. The molecule has 1 aromatic heterocycles. The molecule has 0 atom stereocenters. The SMILES string of the molecule is Cc1nc(Cl)cc(NCc2ccc3c(c2)OCO3)n1. The molecule has 1 N–H and O–H groups in total. The highest BCUT2D eigenvalue weighted by atomic mass is 35.5. The molecule has 98 valence electrons. The summed E-state index contributed by atoms with van der Waals surface area (Å²) in [7, 11) is 0. The van der Waals surface area contributed by atoms with Crippen molar-refractivity contribution < 1.29 is 9.47 Å². The van der Waals surface area contributed by atoms with Crippen molar-refractivity contribution in [1.82, 2.24) is 9.97 Å². The van der Waals surface area contributed by atoms with E-state index in [9.17, 15) is 0 Å². The second-order valence-corrected chi connectivity index (χ2v) is 4.55. The van der Waals surface area contributed by atoms with Crippen LogP contribution in [0.15, 0.2) is 24.3 Å². The highest BCUT2D eigenvalue weighted by Gasteiger charge is 2.13. The van der Waals surface area contributed by atoms with E-state index < -0.39 is 0 Å². The number of halogens is 1. The van der Waals surface area contributed by atoms with Crippen LogP contribution >= 0.6 is 11.6 Å². The van der Waals surface area contributed by atoms with E-state index in [2.05, 4.69) is 15.3 Å². The number of nitrogens with one attached hydrogen (secondary N) is 1. The molecule has 0 bridgehead atoms. The lowest BCUT2D eigenvalue weighted by Crippen LogP contribution is -2.03. The number of hydrogen-bond donors (Lipinski definition) is 1. The molecule has 6 heteroatoms. The van der Waals surface area contributed by atoms with Gasteiger partial charge in [-0.15, -0.1) is 0 Å². The quantitative estimate of drug-likeness (QED) is 0.874. The van der Waals surface area contributed by atoms with Crippen LogP contribution in [0.2, 0.25) is 5.15 Å². The summed E-state index contributed by atoms with van der Waals surface area (Å²) in [5, 5.41) is 3.63. The largest absolute Gasteiger partial charge is 0.454 e. The van der Waals surface area contributed by atoms with Crippen LogP contribution in [0, 0.1) is 6.92 Å². The summed E-state index contributed by atoms with van der Waals surface area (Å²) in [6.45, 7) is 2.72. The van der Waals surface area contributed by atoms with E-state index in [0.29, 0.717) is 23.3 Å². The third kappa shape index (κ3) is 2.71. The second kappa shape index (κ2) is 4.93. The maximum Gasteiger partial charge on any atom is 0.231 e. The highest BCUT2D eigenvalue weighted by Crippen LogP contribution is 2.32. The van der Waals surface area contributed by atoms with Crippen LogP contribution in [0.1, 0.15) is 11.4 Å². The van der Waals surface area contributed by atoms with Gasteiger partial charge in [-0.05, 0) is 24.6 Å². The maximum absolute atomic E-state index is 5.88. The second-order valence-electron chi connectivity index (χ2n) is 4.16. The number of nitrogens with zero attached hydrogens (tertiary/aromatic N) is 2. The van der Waals surface area contributed by atoms with Crippen LogP contribution in [0.4, 0.5) is 5.82 Å². The van der Waals surface area contributed by atoms with Crippen LogP contribution in [0.5, 0.6) is 11.5 Å². The molecule has 0 amide bonds. The number of aryl methyl sites for hydroxylation is 1. The Morgan fingerprint density at radius 3 is 2.89 bits per heavy atom. The molecular weight excluding hydrogens is 266 g/mol. The minimum atomic E-state index is 0.285. The Morgan fingerprint density at radius 1 is 1.21 bits per heavy atom. The maximum atomic E-state index is 5.88. The Balaban J connectivity index is 1.72. The highest BCUT2D eigenvalue weighted by molar-refractivity contribution is 6.29. The zero-order valence-electron chi connectivity index (χ0n) is 10.3. The standard InChI is InChI=1S/C13H12ClN3O2/c1-8-16-12(14)5-13(17-8)15-6-9-2-3-10-11(4-9)19-7-18-10/h2-5H,6-7H2,1H3,(H,15,16,17). The van der Waals surface area contributed by atoms with Gasteiger partial charge < -0.3 is 14.8 Å². The van der Waals surface area contributed by atoms with E-state index in [1.54, 1.807) is 13.0 Å². The van der Waals surface area contributed by atoms with Gasteiger partial charge in [0.2, 0.25) is 6.79 Å². The minimum Gasteiger partial charge on any atom is -0.454 e. The normalized spacial score (nSPS) is 12.5. The van der Waals surface area contributed by atoms with E-state index in [1.807, 2.05) is 18.2 Å². The Hall–Kier alpha value is -2.01. The summed E-state index contributed by atoms with van der Waals surface area (Å²) < 4.78 is 10.6.